The molecule has 0 bridgehead atoms. The zero-order valence-corrected chi connectivity index (χ0v) is 13.5. The Kier molecular flexibility index (Phi) is 5.17. The number of amides is 1. The van der Waals surface area contributed by atoms with E-state index in [0.29, 0.717) is 18.8 Å². The maximum Gasteiger partial charge on any atom is 0.328 e. The number of nitrogens with one attached hydrogen (secondary N) is 1. The van der Waals surface area contributed by atoms with Gasteiger partial charge in [-0.15, -0.1) is 0 Å². The van der Waals surface area contributed by atoms with Gasteiger partial charge in [0.1, 0.15) is 0 Å². The van der Waals surface area contributed by atoms with Crippen molar-refractivity contribution in [1.29, 1.82) is 0 Å². The van der Waals surface area contributed by atoms with Crippen LogP contribution in [0.25, 0.3) is 0 Å². The number of anilines is 1. The van der Waals surface area contributed by atoms with Crippen LogP contribution in [-0.2, 0) is 19.6 Å². The van der Waals surface area contributed by atoms with E-state index >= 15 is 0 Å². The molecule has 0 aromatic heterocycles. The average molecular weight is 338 g/mol. The van der Waals surface area contributed by atoms with Crippen molar-refractivity contribution in [2.24, 2.45) is 0 Å². The summed E-state index contributed by atoms with van der Waals surface area (Å²) >= 11 is 0. The van der Waals surface area contributed by atoms with Crippen molar-refractivity contribution in [3.05, 3.63) is 35.9 Å². The second-order valence-electron chi connectivity index (χ2n) is 5.26. The lowest BCUT2D eigenvalue weighted by molar-refractivity contribution is -0.131. The van der Waals surface area contributed by atoms with Crippen LogP contribution in [0, 0.1) is 0 Å². The molecule has 1 saturated heterocycles. The molecule has 0 radical (unpaired) electrons. The molecule has 1 heterocycles. The van der Waals surface area contributed by atoms with Crippen LogP contribution in [0.4, 0.5) is 5.69 Å². The summed E-state index contributed by atoms with van der Waals surface area (Å²) in [5.41, 5.74) is 0.444. The van der Waals surface area contributed by atoms with E-state index in [4.69, 9.17) is 5.11 Å². The van der Waals surface area contributed by atoms with E-state index in [2.05, 4.69) is 5.32 Å². The second-order valence-corrected chi connectivity index (χ2v) is 7.19. The minimum absolute atomic E-state index is 0.0475. The van der Waals surface area contributed by atoms with Crippen molar-refractivity contribution in [1.82, 2.24) is 4.31 Å². The fourth-order valence-electron chi connectivity index (χ4n) is 2.27. The standard InChI is InChI=1S/C15H18N2O5S/c1-11(10-14(18)19)15(20)16-12-4-6-13(7-5-12)23(21,22)17-8-2-3-9-17/h4-7,10H,2-3,8-9H2,1H3,(H,16,20)(H,18,19). The van der Waals surface area contributed by atoms with Gasteiger partial charge >= 0.3 is 5.97 Å². The Morgan fingerprint density at radius 2 is 1.74 bits per heavy atom. The van der Waals surface area contributed by atoms with Crippen LogP contribution in [0.5, 0.6) is 0 Å². The second kappa shape index (κ2) is 6.93. The Hall–Kier alpha value is -2.19. The largest absolute Gasteiger partial charge is 0.478 e. The molecule has 0 spiro atoms. The molecule has 2 N–H and O–H groups in total. The first kappa shape index (κ1) is 17.2. The lowest BCUT2D eigenvalue weighted by Crippen LogP contribution is -2.27. The molecule has 124 valence electrons. The minimum Gasteiger partial charge on any atom is -0.478 e. The van der Waals surface area contributed by atoms with E-state index in [9.17, 15) is 18.0 Å². The summed E-state index contributed by atoms with van der Waals surface area (Å²) in [7, 11) is -3.48. The molecular weight excluding hydrogens is 320 g/mol. The maximum absolute atomic E-state index is 12.4. The molecule has 0 aliphatic carbocycles. The van der Waals surface area contributed by atoms with Crippen molar-refractivity contribution in [2.45, 2.75) is 24.7 Å². The third-order valence-corrected chi connectivity index (χ3v) is 5.43. The van der Waals surface area contributed by atoms with Gasteiger partial charge in [0.15, 0.2) is 0 Å². The summed E-state index contributed by atoms with van der Waals surface area (Å²) in [6.07, 6.45) is 2.53. The summed E-state index contributed by atoms with van der Waals surface area (Å²) in [6, 6.07) is 5.82. The summed E-state index contributed by atoms with van der Waals surface area (Å²) in [4.78, 5) is 22.5. The van der Waals surface area contributed by atoms with Crippen LogP contribution >= 0.6 is 0 Å². The fourth-order valence-corrected chi connectivity index (χ4v) is 3.79. The SMILES string of the molecule is CC(=CC(=O)O)C(=O)Nc1ccc(S(=O)(=O)N2CCCC2)cc1. The zero-order chi connectivity index (χ0) is 17.0. The molecular formula is C15H18N2O5S. The molecule has 0 unspecified atom stereocenters. The number of sulfonamides is 1. The van der Waals surface area contributed by atoms with Crippen LogP contribution in [0.3, 0.4) is 0 Å². The van der Waals surface area contributed by atoms with Crippen molar-refractivity contribution in [2.75, 3.05) is 18.4 Å². The van der Waals surface area contributed by atoms with E-state index < -0.39 is 21.9 Å². The molecule has 1 aromatic rings. The van der Waals surface area contributed by atoms with Crippen molar-refractivity contribution in [3.8, 4) is 0 Å². The third kappa shape index (κ3) is 4.17. The first-order valence-corrected chi connectivity index (χ1v) is 8.57. The maximum atomic E-state index is 12.4. The van der Waals surface area contributed by atoms with E-state index in [1.165, 1.54) is 35.5 Å². The Morgan fingerprint density at radius 3 is 2.26 bits per heavy atom. The third-order valence-electron chi connectivity index (χ3n) is 3.51. The van der Waals surface area contributed by atoms with E-state index in [1.807, 2.05) is 0 Å². The van der Waals surface area contributed by atoms with E-state index in [0.717, 1.165) is 18.9 Å². The van der Waals surface area contributed by atoms with Crippen LogP contribution in [-0.4, -0.2) is 42.8 Å². The van der Waals surface area contributed by atoms with Crippen LogP contribution < -0.4 is 5.32 Å². The smallest absolute Gasteiger partial charge is 0.328 e. The monoisotopic (exact) mass is 338 g/mol. The Morgan fingerprint density at radius 1 is 1.17 bits per heavy atom. The van der Waals surface area contributed by atoms with Gasteiger partial charge in [-0.2, -0.15) is 4.31 Å². The number of hydrogen-bond acceptors (Lipinski definition) is 4. The van der Waals surface area contributed by atoms with Crippen LogP contribution in [0.2, 0.25) is 0 Å². The molecule has 1 aliphatic heterocycles. The van der Waals surface area contributed by atoms with Gasteiger partial charge in [-0.25, -0.2) is 13.2 Å². The van der Waals surface area contributed by atoms with Crippen molar-refractivity contribution >= 4 is 27.6 Å². The molecule has 0 saturated carbocycles. The zero-order valence-electron chi connectivity index (χ0n) is 12.7. The summed E-state index contributed by atoms with van der Waals surface area (Å²) in [6.45, 7) is 2.44. The number of carbonyl (C=O) groups excluding carboxylic acids is 1. The Bertz CT molecular complexity index is 732. The summed E-state index contributed by atoms with van der Waals surface area (Å²) in [5, 5.41) is 11.1. The van der Waals surface area contributed by atoms with Gasteiger partial charge in [0, 0.05) is 30.4 Å². The average Bonchev–Trinajstić information content (AvgIpc) is 3.02. The normalized spacial score (nSPS) is 16.3. The first-order valence-electron chi connectivity index (χ1n) is 7.13. The highest BCUT2D eigenvalue weighted by molar-refractivity contribution is 7.89. The van der Waals surface area contributed by atoms with Crippen LogP contribution in [0.15, 0.2) is 40.8 Å². The number of hydrogen-bond donors (Lipinski definition) is 2. The molecule has 1 amide bonds. The number of rotatable bonds is 5. The van der Waals surface area contributed by atoms with Crippen molar-refractivity contribution < 1.29 is 23.1 Å². The van der Waals surface area contributed by atoms with E-state index in [1.54, 1.807) is 0 Å². The number of carboxylic acids is 1. The molecule has 2 rings (SSSR count). The van der Waals surface area contributed by atoms with Gasteiger partial charge in [-0.3, -0.25) is 4.79 Å². The lowest BCUT2D eigenvalue weighted by Gasteiger charge is -2.15. The number of carboxylic acid groups (broad SMARTS) is 1. The molecule has 8 heteroatoms. The first-order chi connectivity index (χ1) is 10.8. The predicted molar refractivity (Wildman–Crippen MR) is 84.5 cm³/mol. The predicted octanol–water partition coefficient (Wildman–Crippen LogP) is 1.44. The van der Waals surface area contributed by atoms with Gasteiger partial charge in [-0.05, 0) is 44.0 Å². The highest BCUT2D eigenvalue weighted by Gasteiger charge is 2.26. The molecule has 1 aliphatic rings. The van der Waals surface area contributed by atoms with Gasteiger partial charge in [0.05, 0.1) is 4.90 Å². The number of aliphatic carboxylic acids is 1. The summed E-state index contributed by atoms with van der Waals surface area (Å²) in [5.74, 6) is -1.76. The molecule has 1 fully saturated rings. The molecule has 0 atom stereocenters. The van der Waals surface area contributed by atoms with Gasteiger partial charge in [-0.1, -0.05) is 0 Å². The van der Waals surface area contributed by atoms with Gasteiger partial charge in [0.2, 0.25) is 10.0 Å². The Balaban J connectivity index is 2.11. The fraction of sp³-hybridized carbons (Fsp3) is 0.333. The molecule has 23 heavy (non-hydrogen) atoms. The van der Waals surface area contributed by atoms with E-state index in [-0.39, 0.29) is 10.5 Å². The molecule has 7 nitrogen and oxygen atoms in total. The van der Waals surface area contributed by atoms with Gasteiger partial charge < -0.3 is 10.4 Å². The van der Waals surface area contributed by atoms with Gasteiger partial charge in [0.25, 0.3) is 5.91 Å². The highest BCUT2D eigenvalue weighted by Crippen LogP contribution is 2.22. The summed E-state index contributed by atoms with van der Waals surface area (Å²) < 4.78 is 26.2. The van der Waals surface area contributed by atoms with Crippen LogP contribution in [0.1, 0.15) is 19.8 Å². The number of nitrogens with zero attached hydrogens (tertiary/aromatic N) is 1. The number of carbonyl (C=O) groups is 2. The lowest BCUT2D eigenvalue weighted by atomic mass is 10.2. The highest BCUT2D eigenvalue weighted by atomic mass is 32.2. The topological polar surface area (TPSA) is 104 Å². The van der Waals surface area contributed by atoms with Crippen molar-refractivity contribution in [3.63, 3.8) is 0 Å². The molecule has 1 aromatic carbocycles. The quantitative estimate of drug-likeness (QED) is 0.791. The minimum atomic E-state index is -3.48. The Labute approximate surface area is 134 Å². The number of benzene rings is 1.